The second-order valence-corrected chi connectivity index (χ2v) is 6.05. The van der Waals surface area contributed by atoms with Gasteiger partial charge < -0.3 is 9.84 Å². The lowest BCUT2D eigenvalue weighted by Crippen LogP contribution is -2.00. The Hall–Kier alpha value is -1.16. The Morgan fingerprint density at radius 1 is 1.26 bits per heavy atom. The van der Waals surface area contributed by atoms with E-state index in [0.29, 0.717) is 6.61 Å². The van der Waals surface area contributed by atoms with Crippen LogP contribution < -0.4 is 4.74 Å². The van der Waals surface area contributed by atoms with Crippen LogP contribution in [-0.2, 0) is 0 Å². The van der Waals surface area contributed by atoms with Gasteiger partial charge in [0, 0.05) is 0 Å². The van der Waals surface area contributed by atoms with Crippen LogP contribution in [0, 0.1) is 5.92 Å². The average Bonchev–Trinajstić information content (AvgIpc) is 2.38. The van der Waals surface area contributed by atoms with E-state index in [4.69, 9.17) is 9.84 Å². The van der Waals surface area contributed by atoms with Crippen LogP contribution in [0.25, 0.3) is 0 Å². The topological polar surface area (TPSA) is 46.5 Å². The summed E-state index contributed by atoms with van der Waals surface area (Å²) in [6.45, 7) is 5.16. The molecule has 1 aromatic carbocycles. The molecule has 0 saturated carbocycles. The van der Waals surface area contributed by atoms with Crippen molar-refractivity contribution in [1.29, 1.82) is 0 Å². The van der Waals surface area contributed by atoms with Crippen LogP contribution in [0.3, 0.4) is 0 Å². The summed E-state index contributed by atoms with van der Waals surface area (Å²) in [6.07, 6.45) is 2.28. The Bertz CT molecular complexity index is 373. The number of carboxylic acids is 1. The molecule has 0 aromatic heterocycles. The molecule has 1 N–H and O–H groups in total. The standard InChI is InChI=1S/C15H22O3S/c1-12(2)8-11-19-10-3-9-18-14-6-4-13(5-7-14)15(16)17/h4-7,12H,3,8-11H2,1-2H3,(H,16,17). The molecular weight excluding hydrogens is 260 g/mol. The fourth-order valence-electron chi connectivity index (χ4n) is 1.47. The minimum atomic E-state index is -0.909. The molecule has 0 bridgehead atoms. The van der Waals surface area contributed by atoms with Crippen molar-refractivity contribution in [2.45, 2.75) is 26.7 Å². The molecule has 0 unspecified atom stereocenters. The zero-order valence-corrected chi connectivity index (χ0v) is 12.4. The molecule has 3 nitrogen and oxygen atoms in total. The molecule has 1 aromatic rings. The van der Waals surface area contributed by atoms with E-state index in [0.717, 1.165) is 23.8 Å². The number of aromatic carboxylic acids is 1. The molecule has 0 aliphatic carbocycles. The first-order valence-corrected chi connectivity index (χ1v) is 7.79. The summed E-state index contributed by atoms with van der Waals surface area (Å²) >= 11 is 1.97. The van der Waals surface area contributed by atoms with Crippen LogP contribution in [0.15, 0.2) is 24.3 Å². The van der Waals surface area contributed by atoms with E-state index >= 15 is 0 Å². The zero-order valence-electron chi connectivity index (χ0n) is 11.6. The molecule has 0 saturated heterocycles. The van der Waals surface area contributed by atoms with Crippen LogP contribution in [0.4, 0.5) is 0 Å². The van der Waals surface area contributed by atoms with Crippen molar-refractivity contribution in [3.05, 3.63) is 29.8 Å². The lowest BCUT2D eigenvalue weighted by molar-refractivity contribution is 0.0697. The second kappa shape index (κ2) is 8.86. The minimum Gasteiger partial charge on any atom is -0.494 e. The largest absolute Gasteiger partial charge is 0.494 e. The Morgan fingerprint density at radius 3 is 2.53 bits per heavy atom. The van der Waals surface area contributed by atoms with Gasteiger partial charge in [0.15, 0.2) is 0 Å². The summed E-state index contributed by atoms with van der Waals surface area (Å²) in [5.41, 5.74) is 0.289. The lowest BCUT2D eigenvalue weighted by atomic mass is 10.2. The number of benzene rings is 1. The highest BCUT2D eigenvalue weighted by molar-refractivity contribution is 7.99. The van der Waals surface area contributed by atoms with Crippen molar-refractivity contribution in [3.8, 4) is 5.75 Å². The maximum Gasteiger partial charge on any atom is 0.335 e. The number of rotatable bonds is 9. The average molecular weight is 282 g/mol. The summed E-state index contributed by atoms with van der Waals surface area (Å²) in [6, 6.07) is 6.54. The first-order valence-electron chi connectivity index (χ1n) is 6.63. The van der Waals surface area contributed by atoms with Crippen LogP contribution in [0.5, 0.6) is 5.75 Å². The number of carbonyl (C=O) groups is 1. The van der Waals surface area contributed by atoms with E-state index in [1.165, 1.54) is 12.2 Å². The highest BCUT2D eigenvalue weighted by atomic mass is 32.2. The van der Waals surface area contributed by atoms with Crippen molar-refractivity contribution in [3.63, 3.8) is 0 Å². The number of ether oxygens (including phenoxy) is 1. The van der Waals surface area contributed by atoms with Crippen LogP contribution in [0.1, 0.15) is 37.0 Å². The van der Waals surface area contributed by atoms with Gasteiger partial charge in [-0.1, -0.05) is 13.8 Å². The number of hydrogen-bond acceptors (Lipinski definition) is 3. The van der Waals surface area contributed by atoms with E-state index in [9.17, 15) is 4.79 Å². The normalized spacial score (nSPS) is 10.7. The highest BCUT2D eigenvalue weighted by Gasteiger charge is 2.02. The van der Waals surface area contributed by atoms with Gasteiger partial charge in [-0.3, -0.25) is 0 Å². The van der Waals surface area contributed by atoms with Crippen molar-refractivity contribution in [1.82, 2.24) is 0 Å². The SMILES string of the molecule is CC(C)CCSCCCOc1ccc(C(=O)O)cc1. The third kappa shape index (κ3) is 7.11. The molecule has 106 valence electrons. The van der Waals surface area contributed by atoms with Crippen molar-refractivity contribution < 1.29 is 14.6 Å². The molecule has 0 fully saturated rings. The summed E-state index contributed by atoms with van der Waals surface area (Å²) in [7, 11) is 0. The lowest BCUT2D eigenvalue weighted by Gasteiger charge is -2.07. The van der Waals surface area contributed by atoms with Crippen LogP contribution in [-0.4, -0.2) is 29.2 Å². The summed E-state index contributed by atoms with van der Waals surface area (Å²) in [5, 5.41) is 8.77. The number of thioether (sulfide) groups is 1. The van der Waals surface area contributed by atoms with E-state index in [1.807, 2.05) is 11.8 Å². The number of carboxylic acid groups (broad SMARTS) is 1. The van der Waals surface area contributed by atoms with Gasteiger partial charge in [-0.25, -0.2) is 4.79 Å². The maximum absolute atomic E-state index is 10.7. The fourth-order valence-corrected chi connectivity index (χ4v) is 2.63. The van der Waals surface area contributed by atoms with Crippen LogP contribution >= 0.6 is 11.8 Å². The molecular formula is C15H22O3S. The molecule has 19 heavy (non-hydrogen) atoms. The van der Waals surface area contributed by atoms with Crippen molar-refractivity contribution in [2.75, 3.05) is 18.1 Å². The summed E-state index contributed by atoms with van der Waals surface area (Å²) in [5.74, 6) is 2.92. The van der Waals surface area contributed by atoms with E-state index in [1.54, 1.807) is 24.3 Å². The molecule has 0 heterocycles. The second-order valence-electron chi connectivity index (χ2n) is 4.83. The van der Waals surface area contributed by atoms with Gasteiger partial charge in [0.05, 0.1) is 12.2 Å². The molecule has 1 rings (SSSR count). The molecule has 0 aliphatic rings. The molecule has 0 spiro atoms. The minimum absolute atomic E-state index is 0.289. The predicted octanol–water partition coefficient (Wildman–Crippen LogP) is 3.93. The third-order valence-corrected chi connectivity index (χ3v) is 3.74. The van der Waals surface area contributed by atoms with E-state index in [-0.39, 0.29) is 5.56 Å². The monoisotopic (exact) mass is 282 g/mol. The number of hydrogen-bond donors (Lipinski definition) is 1. The molecule has 0 amide bonds. The Morgan fingerprint density at radius 2 is 1.95 bits per heavy atom. The van der Waals surface area contributed by atoms with Crippen molar-refractivity contribution in [2.24, 2.45) is 5.92 Å². The summed E-state index contributed by atoms with van der Waals surface area (Å²) < 4.78 is 5.56. The Balaban J connectivity index is 2.11. The van der Waals surface area contributed by atoms with Crippen LogP contribution in [0.2, 0.25) is 0 Å². The van der Waals surface area contributed by atoms with Crippen molar-refractivity contribution >= 4 is 17.7 Å². The van der Waals surface area contributed by atoms with Gasteiger partial charge in [-0.2, -0.15) is 11.8 Å². The van der Waals surface area contributed by atoms with Gasteiger partial charge >= 0.3 is 5.97 Å². The molecule has 0 radical (unpaired) electrons. The molecule has 4 heteroatoms. The smallest absolute Gasteiger partial charge is 0.335 e. The highest BCUT2D eigenvalue weighted by Crippen LogP contribution is 2.14. The van der Waals surface area contributed by atoms with Gasteiger partial charge in [-0.15, -0.1) is 0 Å². The van der Waals surface area contributed by atoms with Gasteiger partial charge in [0.1, 0.15) is 5.75 Å². The van der Waals surface area contributed by atoms with Gasteiger partial charge in [0.25, 0.3) is 0 Å². The quantitative estimate of drug-likeness (QED) is 0.697. The first-order chi connectivity index (χ1) is 9.09. The molecule has 0 atom stereocenters. The Labute approximate surface area is 119 Å². The third-order valence-electron chi connectivity index (χ3n) is 2.64. The van der Waals surface area contributed by atoms with E-state index < -0.39 is 5.97 Å². The van der Waals surface area contributed by atoms with Gasteiger partial charge in [0.2, 0.25) is 0 Å². The zero-order chi connectivity index (χ0) is 14.1. The van der Waals surface area contributed by atoms with Gasteiger partial charge in [-0.05, 0) is 54.5 Å². The predicted molar refractivity (Wildman–Crippen MR) is 80.3 cm³/mol. The Kier molecular flexibility index (Phi) is 7.41. The maximum atomic E-state index is 10.7. The molecule has 0 aliphatic heterocycles. The fraction of sp³-hybridized carbons (Fsp3) is 0.533. The van der Waals surface area contributed by atoms with E-state index in [2.05, 4.69) is 13.8 Å². The summed E-state index contributed by atoms with van der Waals surface area (Å²) in [4.78, 5) is 10.7. The first kappa shape index (κ1) is 15.9.